The van der Waals surface area contributed by atoms with Crippen LogP contribution in [-0.2, 0) is 38.2 Å². The van der Waals surface area contributed by atoms with E-state index in [1.54, 1.807) is 83.1 Å². The number of likely N-dealkylation sites (N-methyl/N-ethyl adjacent to an activating group) is 2. The first-order valence-corrected chi connectivity index (χ1v) is 20.8. The first-order chi connectivity index (χ1) is 31.5. The number of hydrogen-bond donors (Lipinski definition) is 0. The van der Waals surface area contributed by atoms with Gasteiger partial charge in [0.1, 0.15) is 45.3 Å². The molecule has 4 amide bonds. The van der Waals surface area contributed by atoms with Crippen molar-refractivity contribution in [1.29, 1.82) is 0 Å². The third-order valence-electron chi connectivity index (χ3n) is 8.61. The van der Waals surface area contributed by atoms with Crippen LogP contribution >= 0.6 is 0 Å². The highest BCUT2D eigenvalue weighted by Crippen LogP contribution is 2.36. The van der Waals surface area contributed by atoms with Gasteiger partial charge in [-0.05, 0) is 145 Å². The second kappa shape index (κ2) is 20.1. The zero-order valence-electron chi connectivity index (χ0n) is 41.3. The molecule has 2 aliphatic heterocycles. The predicted molar refractivity (Wildman–Crippen MR) is 232 cm³/mol. The highest BCUT2D eigenvalue weighted by molar-refractivity contribution is 6.25. The first-order valence-electron chi connectivity index (χ1n) is 20.8. The van der Waals surface area contributed by atoms with E-state index in [4.69, 9.17) is 28.6 Å². The highest BCUT2D eigenvalue weighted by atomic mass is 19.4. The summed E-state index contributed by atoms with van der Waals surface area (Å²) in [6, 6.07) is 8.91. The average molecular weight is 1010 g/mol. The number of hydroxylamine groups is 4. The minimum atomic E-state index is -4.90. The molecule has 0 aliphatic carbocycles. The van der Waals surface area contributed by atoms with Crippen LogP contribution in [-0.4, -0.2) is 128 Å². The lowest BCUT2D eigenvalue weighted by Gasteiger charge is -2.36. The van der Waals surface area contributed by atoms with E-state index in [2.05, 4.69) is 19.7 Å². The Hall–Kier alpha value is -7.02. The number of amides is 4. The molecule has 2 atom stereocenters. The molecular formula is C44H56F6N6O14. The number of nitrogens with zero attached hydrogens (tertiary/aromatic N) is 6. The number of hydrogen-bond acceptors (Lipinski definition) is 16. The van der Waals surface area contributed by atoms with Crippen molar-refractivity contribution in [2.75, 3.05) is 14.1 Å². The molecule has 0 radical (unpaired) electrons. The SMILES string of the molecule is CN1N=C(c2ccc(OC(F)(F)F)cc2)C(C)(N(OC(=O)OC(C)(C)C)C(=O)OC(C)(C)C)C1=O.CN1N=C(c2ccc(OC(F)(F)F)cc2)C(C)(N(OC(=O)OC(C)(C)C)C(=O)OC(C)(C)C)C1=O. The zero-order valence-corrected chi connectivity index (χ0v) is 41.3. The topological polar surface area (TPSA) is 214 Å². The molecule has 2 heterocycles. The molecule has 20 nitrogen and oxygen atoms in total. The number of ether oxygens (including phenoxy) is 6. The maximum atomic E-state index is 13.2. The first kappa shape index (κ1) is 57.3. The number of carbonyl (C=O) groups excluding carboxylic acids is 6. The number of rotatable bonds is 6. The van der Waals surface area contributed by atoms with E-state index < -0.39 is 94.0 Å². The summed E-state index contributed by atoms with van der Waals surface area (Å²) in [6.45, 7) is 21.3. The molecule has 0 N–H and O–H groups in total. The van der Waals surface area contributed by atoms with E-state index in [0.717, 1.165) is 34.3 Å². The van der Waals surface area contributed by atoms with Crippen molar-refractivity contribution in [2.24, 2.45) is 10.2 Å². The van der Waals surface area contributed by atoms with Crippen LogP contribution in [0.3, 0.4) is 0 Å². The Balaban J connectivity index is 0.000000370. The van der Waals surface area contributed by atoms with E-state index in [9.17, 15) is 55.1 Å². The minimum absolute atomic E-state index is 0.0991. The molecule has 2 aliphatic rings. The second-order valence-electron chi connectivity index (χ2n) is 19.5. The Morgan fingerprint density at radius 1 is 0.486 bits per heavy atom. The predicted octanol–water partition coefficient (Wildman–Crippen LogP) is 9.25. The van der Waals surface area contributed by atoms with Gasteiger partial charge in [-0.15, -0.1) is 36.5 Å². The normalized spacial score (nSPS) is 18.7. The largest absolute Gasteiger partial charge is 0.573 e. The number of halogens is 6. The van der Waals surface area contributed by atoms with Gasteiger partial charge in [0, 0.05) is 25.2 Å². The standard InChI is InChI=1S/2C22H28F3N3O7/c2*1-19(2,3)33-17(30)28(35-18(31)34-20(4,5)6)21(7)15(26-27(8)16(21)29)13-9-11-14(12-10-13)32-22(23,24)25/h2*9-12H,1-8H3. The molecule has 2 unspecified atom stereocenters. The van der Waals surface area contributed by atoms with E-state index >= 15 is 0 Å². The van der Waals surface area contributed by atoms with E-state index in [-0.39, 0.29) is 22.6 Å². The molecular weight excluding hydrogens is 950 g/mol. The Morgan fingerprint density at radius 2 is 0.743 bits per heavy atom. The molecule has 0 bridgehead atoms. The summed E-state index contributed by atoms with van der Waals surface area (Å²) in [6.07, 6.45) is -14.8. The monoisotopic (exact) mass is 1010 g/mol. The second-order valence-corrected chi connectivity index (χ2v) is 19.5. The van der Waals surface area contributed by atoms with Gasteiger partial charge < -0.3 is 28.4 Å². The van der Waals surface area contributed by atoms with Gasteiger partial charge in [0.15, 0.2) is 0 Å². The van der Waals surface area contributed by atoms with Crippen molar-refractivity contribution in [3.8, 4) is 11.5 Å². The number of hydrazone groups is 2. The van der Waals surface area contributed by atoms with Gasteiger partial charge in [0.05, 0.1) is 0 Å². The maximum absolute atomic E-state index is 13.2. The summed E-state index contributed by atoms with van der Waals surface area (Å²) >= 11 is 0. The van der Waals surface area contributed by atoms with Crippen LogP contribution in [0, 0.1) is 0 Å². The summed E-state index contributed by atoms with van der Waals surface area (Å²) in [5, 5.41) is 10.9. The molecule has 70 heavy (non-hydrogen) atoms. The summed E-state index contributed by atoms with van der Waals surface area (Å²) in [7, 11) is 2.60. The highest BCUT2D eigenvalue weighted by Gasteiger charge is 2.58. The Kier molecular flexibility index (Phi) is 16.5. The van der Waals surface area contributed by atoms with Gasteiger partial charge in [0.2, 0.25) is 11.1 Å². The van der Waals surface area contributed by atoms with Gasteiger partial charge in [-0.25, -0.2) is 29.2 Å². The zero-order chi connectivity index (χ0) is 54.0. The molecule has 26 heteroatoms. The van der Waals surface area contributed by atoms with Gasteiger partial charge in [-0.2, -0.15) is 10.2 Å². The lowest BCUT2D eigenvalue weighted by atomic mass is 9.90. The van der Waals surface area contributed by atoms with Crippen LogP contribution in [0.1, 0.15) is 108 Å². The summed E-state index contributed by atoms with van der Waals surface area (Å²) < 4.78 is 104. The van der Waals surface area contributed by atoms with Gasteiger partial charge in [-0.1, -0.05) is 0 Å². The average Bonchev–Trinajstić information content (AvgIpc) is 3.52. The number of carbonyl (C=O) groups is 6. The van der Waals surface area contributed by atoms with Crippen LogP contribution in [0.25, 0.3) is 0 Å². The van der Waals surface area contributed by atoms with Crippen molar-refractivity contribution < 1.29 is 93.2 Å². The van der Waals surface area contributed by atoms with Gasteiger partial charge >= 0.3 is 37.2 Å². The molecule has 0 saturated heterocycles. The Labute approximate surface area is 399 Å². The van der Waals surface area contributed by atoms with Crippen LogP contribution in [0.15, 0.2) is 58.7 Å². The fraction of sp³-hybridized carbons (Fsp3) is 0.545. The fourth-order valence-electron chi connectivity index (χ4n) is 6.01. The summed E-state index contributed by atoms with van der Waals surface area (Å²) in [5.41, 5.74) is -8.05. The van der Waals surface area contributed by atoms with Crippen molar-refractivity contribution in [3.63, 3.8) is 0 Å². The number of alkyl halides is 6. The third-order valence-corrected chi connectivity index (χ3v) is 8.61. The van der Waals surface area contributed by atoms with E-state index in [1.807, 2.05) is 0 Å². The minimum Gasteiger partial charge on any atom is -0.442 e. The molecule has 2 aromatic rings. The van der Waals surface area contributed by atoms with Crippen LogP contribution in [0.2, 0.25) is 0 Å². The Morgan fingerprint density at radius 3 is 0.971 bits per heavy atom. The fourth-order valence-corrected chi connectivity index (χ4v) is 6.01. The van der Waals surface area contributed by atoms with Gasteiger partial charge in [0.25, 0.3) is 11.8 Å². The molecule has 388 valence electrons. The summed E-state index contributed by atoms with van der Waals surface area (Å²) in [5.74, 6) is -2.57. The van der Waals surface area contributed by atoms with Crippen LogP contribution in [0.4, 0.5) is 45.5 Å². The van der Waals surface area contributed by atoms with Crippen molar-refractivity contribution in [3.05, 3.63) is 59.7 Å². The summed E-state index contributed by atoms with van der Waals surface area (Å²) in [4.78, 5) is 87.9. The molecule has 4 rings (SSSR count). The quantitative estimate of drug-likeness (QED) is 0.114. The molecule has 0 fully saturated rings. The van der Waals surface area contributed by atoms with Crippen molar-refractivity contribution >= 4 is 47.7 Å². The molecule has 0 saturated carbocycles. The van der Waals surface area contributed by atoms with E-state index in [1.165, 1.54) is 52.2 Å². The van der Waals surface area contributed by atoms with Crippen molar-refractivity contribution in [2.45, 2.75) is 143 Å². The molecule has 0 aromatic heterocycles. The molecule has 2 aromatic carbocycles. The van der Waals surface area contributed by atoms with Crippen LogP contribution in [0.5, 0.6) is 11.5 Å². The van der Waals surface area contributed by atoms with Gasteiger partial charge in [-0.3, -0.25) is 19.3 Å². The Bertz CT molecular complexity index is 2190. The van der Waals surface area contributed by atoms with E-state index in [0.29, 0.717) is 10.1 Å². The number of benzene rings is 2. The molecule has 0 spiro atoms. The third kappa shape index (κ3) is 15.5. The lowest BCUT2D eigenvalue weighted by Crippen LogP contribution is -2.61. The lowest BCUT2D eigenvalue weighted by molar-refractivity contribution is -0.275. The van der Waals surface area contributed by atoms with Crippen molar-refractivity contribution in [1.82, 2.24) is 20.1 Å². The van der Waals surface area contributed by atoms with Crippen LogP contribution < -0.4 is 9.47 Å². The maximum Gasteiger partial charge on any atom is 0.573 e. The smallest absolute Gasteiger partial charge is 0.442 e.